The van der Waals surface area contributed by atoms with Crippen LogP contribution in [0.1, 0.15) is 30.9 Å². The predicted octanol–water partition coefficient (Wildman–Crippen LogP) is 3.61. The maximum Gasteiger partial charge on any atom is 0.513 e. The lowest BCUT2D eigenvalue weighted by atomic mass is 9.85. The SMILES string of the molecule is CCOC(=O)OC1=C(C)NC2=C(C(=O)OC2)C1c1cccc(C(F)(F)F)c1. The Morgan fingerprint density at radius 1 is 1.37 bits per heavy atom. The Morgan fingerprint density at radius 3 is 2.78 bits per heavy atom. The normalized spacial score (nSPS) is 19.4. The molecule has 0 spiro atoms. The number of hydrogen-bond donors (Lipinski definition) is 1. The zero-order valence-corrected chi connectivity index (χ0v) is 14.5. The van der Waals surface area contributed by atoms with Gasteiger partial charge >= 0.3 is 18.3 Å². The van der Waals surface area contributed by atoms with E-state index in [4.69, 9.17) is 14.2 Å². The highest BCUT2D eigenvalue weighted by molar-refractivity contribution is 5.95. The molecule has 0 saturated carbocycles. The van der Waals surface area contributed by atoms with Gasteiger partial charge < -0.3 is 19.5 Å². The van der Waals surface area contributed by atoms with Gasteiger partial charge in [0.25, 0.3) is 0 Å². The largest absolute Gasteiger partial charge is 0.513 e. The van der Waals surface area contributed by atoms with Crippen LogP contribution in [0.2, 0.25) is 0 Å². The quantitative estimate of drug-likeness (QED) is 0.804. The van der Waals surface area contributed by atoms with E-state index in [1.54, 1.807) is 13.8 Å². The average molecular weight is 383 g/mol. The van der Waals surface area contributed by atoms with Gasteiger partial charge in [0.1, 0.15) is 12.4 Å². The molecule has 0 bridgehead atoms. The molecule has 0 radical (unpaired) electrons. The third kappa shape index (κ3) is 3.62. The minimum atomic E-state index is -4.56. The Balaban J connectivity index is 2.09. The Hall–Kier alpha value is -2.97. The number of dihydropyridines is 1. The summed E-state index contributed by atoms with van der Waals surface area (Å²) in [6, 6.07) is 4.52. The van der Waals surface area contributed by atoms with Crippen molar-refractivity contribution in [3.8, 4) is 0 Å². The van der Waals surface area contributed by atoms with Gasteiger partial charge in [-0.05, 0) is 25.5 Å². The minimum Gasteiger partial charge on any atom is -0.456 e. The number of benzene rings is 1. The molecule has 144 valence electrons. The summed E-state index contributed by atoms with van der Waals surface area (Å²) in [6.07, 6.45) is -5.57. The van der Waals surface area contributed by atoms with Crippen molar-refractivity contribution in [2.45, 2.75) is 25.9 Å². The van der Waals surface area contributed by atoms with Crippen molar-refractivity contribution in [1.29, 1.82) is 0 Å². The van der Waals surface area contributed by atoms with Gasteiger partial charge in [0, 0.05) is 0 Å². The molecule has 3 rings (SSSR count). The molecule has 6 nitrogen and oxygen atoms in total. The molecule has 2 heterocycles. The van der Waals surface area contributed by atoms with E-state index in [0.717, 1.165) is 12.1 Å². The standard InChI is InChI=1S/C18H16F3NO5/c1-3-25-17(24)27-15-9(2)22-12-8-26-16(23)14(12)13(15)10-5-4-6-11(7-10)18(19,20)21/h4-7,13,22H,3,8H2,1-2H3. The Labute approximate surface area is 152 Å². The van der Waals surface area contributed by atoms with Crippen LogP contribution in [0.4, 0.5) is 18.0 Å². The van der Waals surface area contributed by atoms with Crippen molar-refractivity contribution in [3.63, 3.8) is 0 Å². The van der Waals surface area contributed by atoms with Crippen LogP contribution in [0, 0.1) is 0 Å². The summed E-state index contributed by atoms with van der Waals surface area (Å²) in [5.74, 6) is -1.72. The second kappa shape index (κ2) is 6.98. The highest BCUT2D eigenvalue weighted by atomic mass is 19.4. The van der Waals surface area contributed by atoms with Gasteiger partial charge in [0.2, 0.25) is 0 Å². The summed E-state index contributed by atoms with van der Waals surface area (Å²) in [5, 5.41) is 2.91. The number of cyclic esters (lactones) is 1. The third-order valence-electron chi connectivity index (χ3n) is 4.15. The van der Waals surface area contributed by atoms with E-state index >= 15 is 0 Å². The number of ether oxygens (including phenoxy) is 3. The molecule has 1 unspecified atom stereocenters. The molecule has 2 aliphatic heterocycles. The topological polar surface area (TPSA) is 73.9 Å². The fraction of sp³-hybridized carbons (Fsp3) is 0.333. The second-order valence-electron chi connectivity index (χ2n) is 5.92. The molecular formula is C18H16F3NO5. The lowest BCUT2D eigenvalue weighted by Crippen LogP contribution is -2.28. The average Bonchev–Trinajstić information content (AvgIpc) is 2.95. The van der Waals surface area contributed by atoms with E-state index in [1.807, 2.05) is 0 Å². The molecule has 0 fully saturated rings. The van der Waals surface area contributed by atoms with Crippen LogP contribution in [0.15, 0.2) is 47.0 Å². The van der Waals surface area contributed by atoms with Crippen molar-refractivity contribution in [2.24, 2.45) is 0 Å². The first kappa shape index (κ1) is 18.8. The molecular weight excluding hydrogens is 367 g/mol. The maximum absolute atomic E-state index is 13.1. The molecule has 1 N–H and O–H groups in total. The van der Waals surface area contributed by atoms with Gasteiger partial charge in [0.15, 0.2) is 0 Å². The number of allylic oxidation sites excluding steroid dienone is 2. The van der Waals surface area contributed by atoms with Crippen molar-refractivity contribution < 1.29 is 37.0 Å². The smallest absolute Gasteiger partial charge is 0.456 e. The third-order valence-corrected chi connectivity index (χ3v) is 4.15. The first-order valence-electron chi connectivity index (χ1n) is 8.12. The number of halogens is 3. The molecule has 0 amide bonds. The van der Waals surface area contributed by atoms with E-state index in [2.05, 4.69) is 5.32 Å². The molecule has 0 aliphatic carbocycles. The number of nitrogens with one attached hydrogen (secondary N) is 1. The molecule has 1 atom stereocenters. The zero-order chi connectivity index (χ0) is 19.8. The molecule has 9 heteroatoms. The summed E-state index contributed by atoms with van der Waals surface area (Å²) < 4.78 is 54.4. The monoisotopic (exact) mass is 383 g/mol. The fourth-order valence-corrected chi connectivity index (χ4v) is 3.03. The number of carbonyl (C=O) groups is 2. The van der Waals surface area contributed by atoms with E-state index in [1.165, 1.54) is 12.1 Å². The molecule has 2 aliphatic rings. The van der Waals surface area contributed by atoms with Crippen LogP contribution in [0.5, 0.6) is 0 Å². The van der Waals surface area contributed by atoms with Crippen LogP contribution >= 0.6 is 0 Å². The fourth-order valence-electron chi connectivity index (χ4n) is 3.03. The highest BCUT2D eigenvalue weighted by Gasteiger charge is 2.42. The van der Waals surface area contributed by atoms with Gasteiger partial charge in [-0.2, -0.15) is 13.2 Å². The summed E-state index contributed by atoms with van der Waals surface area (Å²) in [6.45, 7) is 3.19. The number of alkyl halides is 3. The van der Waals surface area contributed by atoms with E-state index < -0.39 is 29.8 Å². The predicted molar refractivity (Wildman–Crippen MR) is 86.1 cm³/mol. The highest BCUT2D eigenvalue weighted by Crippen LogP contribution is 2.42. The van der Waals surface area contributed by atoms with Gasteiger partial charge in [-0.3, -0.25) is 0 Å². The van der Waals surface area contributed by atoms with E-state index in [0.29, 0.717) is 11.4 Å². The van der Waals surface area contributed by atoms with Crippen molar-refractivity contribution in [3.05, 3.63) is 58.1 Å². The van der Waals surface area contributed by atoms with E-state index in [-0.39, 0.29) is 30.1 Å². The molecule has 1 aromatic carbocycles. The van der Waals surface area contributed by atoms with Crippen LogP contribution in [-0.2, 0) is 25.2 Å². The first-order valence-corrected chi connectivity index (χ1v) is 8.12. The van der Waals surface area contributed by atoms with Crippen molar-refractivity contribution in [1.82, 2.24) is 5.32 Å². The lowest BCUT2D eigenvalue weighted by molar-refractivity contribution is -0.137. The number of esters is 1. The lowest BCUT2D eigenvalue weighted by Gasteiger charge is -2.28. The summed E-state index contributed by atoms with van der Waals surface area (Å²) in [4.78, 5) is 24.0. The maximum atomic E-state index is 13.1. The van der Waals surface area contributed by atoms with E-state index in [9.17, 15) is 22.8 Å². The van der Waals surface area contributed by atoms with Crippen molar-refractivity contribution >= 4 is 12.1 Å². The minimum absolute atomic E-state index is 0.00891. The van der Waals surface area contributed by atoms with Gasteiger partial charge in [-0.1, -0.05) is 18.2 Å². The van der Waals surface area contributed by atoms with Crippen LogP contribution in [0.25, 0.3) is 0 Å². The molecule has 1 aromatic rings. The Kier molecular flexibility index (Phi) is 4.86. The van der Waals surface area contributed by atoms with Gasteiger partial charge in [-0.25, -0.2) is 9.59 Å². The summed E-state index contributed by atoms with van der Waals surface area (Å²) >= 11 is 0. The Bertz CT molecular complexity index is 857. The number of carbonyl (C=O) groups excluding carboxylic acids is 2. The number of rotatable bonds is 3. The summed E-state index contributed by atoms with van der Waals surface area (Å²) in [7, 11) is 0. The van der Waals surface area contributed by atoms with Gasteiger partial charge in [-0.15, -0.1) is 0 Å². The molecule has 27 heavy (non-hydrogen) atoms. The zero-order valence-electron chi connectivity index (χ0n) is 14.5. The second-order valence-corrected chi connectivity index (χ2v) is 5.92. The van der Waals surface area contributed by atoms with Crippen LogP contribution in [0.3, 0.4) is 0 Å². The molecule has 0 aromatic heterocycles. The van der Waals surface area contributed by atoms with Crippen LogP contribution < -0.4 is 5.32 Å². The Morgan fingerprint density at radius 2 is 2.11 bits per heavy atom. The number of hydrogen-bond acceptors (Lipinski definition) is 6. The van der Waals surface area contributed by atoms with Crippen LogP contribution in [-0.4, -0.2) is 25.3 Å². The first-order chi connectivity index (χ1) is 12.7. The van der Waals surface area contributed by atoms with Crippen molar-refractivity contribution in [2.75, 3.05) is 13.2 Å². The molecule has 0 saturated heterocycles. The summed E-state index contributed by atoms with van der Waals surface area (Å²) in [5.41, 5.74) is 0.189. The van der Waals surface area contributed by atoms with Gasteiger partial charge in [0.05, 0.1) is 35.1 Å².